The second kappa shape index (κ2) is 8.34. The third kappa shape index (κ3) is 3.93. The first-order valence-corrected chi connectivity index (χ1v) is 13.6. The molecule has 0 radical (unpaired) electrons. The van der Waals surface area contributed by atoms with Gasteiger partial charge in [0.05, 0.1) is 19.0 Å². The van der Waals surface area contributed by atoms with Gasteiger partial charge in [0.2, 0.25) is 5.95 Å². The largest absolute Gasteiger partial charge is 0.475 e. The van der Waals surface area contributed by atoms with Gasteiger partial charge in [-0.15, -0.1) is 0 Å². The van der Waals surface area contributed by atoms with Crippen molar-refractivity contribution in [2.75, 3.05) is 31.0 Å². The van der Waals surface area contributed by atoms with Crippen LogP contribution in [0, 0.1) is 4.64 Å². The maximum Gasteiger partial charge on any atom is 0.475 e. The number of nitrogens with zero attached hydrogens (tertiary/aromatic N) is 3. The van der Waals surface area contributed by atoms with Crippen LogP contribution in [0.15, 0.2) is 6.33 Å². The lowest BCUT2D eigenvalue weighted by Crippen LogP contribution is -2.39. The van der Waals surface area contributed by atoms with E-state index in [2.05, 4.69) is 15.0 Å². The number of fused-ring (bicyclic) bond motifs is 2. The summed E-state index contributed by atoms with van der Waals surface area (Å²) in [6.45, 7) is 0.104. The number of nitrogens with one attached hydrogen (secondary N) is 1. The molecule has 5 rings (SSSR count). The van der Waals surface area contributed by atoms with E-state index in [4.69, 9.17) is 41.0 Å². The first-order valence-electron chi connectivity index (χ1n) is 9.22. The molecule has 0 saturated carbocycles. The fourth-order valence-corrected chi connectivity index (χ4v) is 8.05. The van der Waals surface area contributed by atoms with Crippen molar-refractivity contribution in [3.63, 3.8) is 0 Å². The first-order chi connectivity index (χ1) is 14.5. The van der Waals surface area contributed by atoms with E-state index < -0.39 is 20.2 Å². The maximum absolute atomic E-state index is 13.1. The van der Waals surface area contributed by atoms with Crippen molar-refractivity contribution in [3.8, 4) is 0 Å². The normalized spacial score (nSPS) is 36.8. The molecule has 6 atom stereocenters. The molecular weight excluding hydrogens is 473 g/mol. The maximum atomic E-state index is 13.1. The van der Waals surface area contributed by atoms with Gasteiger partial charge in [0, 0.05) is 25.0 Å². The van der Waals surface area contributed by atoms with Gasteiger partial charge in [-0.05, 0) is 0 Å². The van der Waals surface area contributed by atoms with Gasteiger partial charge in [0.1, 0.15) is 34.7 Å². The van der Waals surface area contributed by atoms with Crippen molar-refractivity contribution < 1.29 is 27.6 Å². The van der Waals surface area contributed by atoms with Gasteiger partial charge >= 0.3 is 7.82 Å². The molecule has 2 aromatic heterocycles. The lowest BCUT2D eigenvalue weighted by Gasteiger charge is -2.35. The van der Waals surface area contributed by atoms with Crippen LogP contribution in [0.5, 0.6) is 0 Å². The van der Waals surface area contributed by atoms with Crippen LogP contribution in [0.3, 0.4) is 0 Å². The zero-order chi connectivity index (χ0) is 20.9. The Kier molecular flexibility index (Phi) is 5.88. The van der Waals surface area contributed by atoms with Gasteiger partial charge in [0.15, 0.2) is 5.65 Å². The van der Waals surface area contributed by atoms with Gasteiger partial charge in [0.25, 0.3) is 0 Å². The van der Waals surface area contributed by atoms with Crippen molar-refractivity contribution in [2.45, 2.75) is 37.1 Å². The number of imidazole rings is 1. The SMILES string of the molecule is CO[C@H]1CSSC[C@@H]1O[P@]1(=O)OC[C@H]2O[C@@H](n3cnc4c(=S)[nH]c(N)nc43)C[C@@H]2O1. The van der Waals surface area contributed by atoms with Crippen LogP contribution in [0.2, 0.25) is 0 Å². The van der Waals surface area contributed by atoms with Crippen molar-refractivity contribution in [1.29, 1.82) is 0 Å². The van der Waals surface area contributed by atoms with Crippen LogP contribution in [-0.4, -0.2) is 69.2 Å². The van der Waals surface area contributed by atoms with E-state index in [1.54, 1.807) is 39.6 Å². The number of anilines is 1. The molecule has 2 aromatic rings. The molecule has 0 bridgehead atoms. The van der Waals surface area contributed by atoms with Gasteiger partial charge < -0.3 is 20.2 Å². The Morgan fingerprint density at radius 2 is 2.17 bits per heavy atom. The van der Waals surface area contributed by atoms with Crippen LogP contribution >= 0.6 is 41.6 Å². The topological polar surface area (TPSA) is 136 Å². The van der Waals surface area contributed by atoms with Crippen molar-refractivity contribution in [2.24, 2.45) is 0 Å². The predicted octanol–water partition coefficient (Wildman–Crippen LogP) is 2.68. The minimum Gasteiger partial charge on any atom is -0.378 e. The van der Waals surface area contributed by atoms with E-state index in [1.165, 1.54) is 0 Å². The lowest BCUT2D eigenvalue weighted by molar-refractivity contribution is -0.0811. The molecule has 15 heteroatoms. The molecule has 0 spiro atoms. The van der Waals surface area contributed by atoms with Gasteiger partial charge in [-0.25, -0.2) is 9.55 Å². The van der Waals surface area contributed by atoms with Crippen LogP contribution < -0.4 is 5.73 Å². The highest BCUT2D eigenvalue weighted by molar-refractivity contribution is 8.76. The molecule has 5 heterocycles. The Labute approximate surface area is 184 Å². The van der Waals surface area contributed by atoms with Crippen LogP contribution in [0.4, 0.5) is 5.95 Å². The molecule has 3 N–H and O–H groups in total. The number of aromatic amines is 1. The molecule has 3 aliphatic rings. The summed E-state index contributed by atoms with van der Waals surface area (Å²) in [6, 6.07) is 0. The number of H-pyrrole nitrogens is 1. The number of hydrogen-bond acceptors (Lipinski definition) is 12. The van der Waals surface area contributed by atoms with Gasteiger partial charge in [-0.2, -0.15) is 4.98 Å². The van der Waals surface area contributed by atoms with E-state index in [0.29, 0.717) is 28.0 Å². The second-order valence-corrected chi connectivity index (χ2v) is 11.5. The van der Waals surface area contributed by atoms with Crippen LogP contribution in [0.25, 0.3) is 11.2 Å². The molecule has 3 fully saturated rings. The van der Waals surface area contributed by atoms with Gasteiger partial charge in [-0.1, -0.05) is 33.8 Å². The fourth-order valence-electron chi connectivity index (χ4n) is 3.63. The van der Waals surface area contributed by atoms with E-state index in [0.717, 1.165) is 5.75 Å². The second-order valence-electron chi connectivity index (χ2n) is 7.01. The smallest absolute Gasteiger partial charge is 0.378 e. The monoisotopic (exact) mass is 493 g/mol. The van der Waals surface area contributed by atoms with E-state index >= 15 is 0 Å². The van der Waals surface area contributed by atoms with Crippen LogP contribution in [0.1, 0.15) is 12.6 Å². The molecule has 0 unspecified atom stereocenters. The highest BCUT2D eigenvalue weighted by Crippen LogP contribution is 2.58. The van der Waals surface area contributed by atoms with E-state index in [-0.39, 0.29) is 30.9 Å². The number of rotatable bonds is 4. The number of ether oxygens (including phenoxy) is 2. The number of nitrogen functional groups attached to an aromatic ring is 1. The number of nitrogens with two attached hydrogens (primary N) is 1. The fraction of sp³-hybridized carbons (Fsp3) is 0.667. The zero-order valence-corrected chi connectivity index (χ0v) is 19.2. The summed E-state index contributed by atoms with van der Waals surface area (Å²) in [7, 11) is 1.22. The number of methoxy groups -OCH3 is 1. The Balaban J connectivity index is 1.32. The first kappa shape index (κ1) is 21.2. The molecular formula is C15H20N5O6PS3. The van der Waals surface area contributed by atoms with Crippen molar-refractivity contribution in [3.05, 3.63) is 11.0 Å². The number of hydrogen-bond donors (Lipinski definition) is 2. The lowest BCUT2D eigenvalue weighted by atomic mass is 10.2. The quantitative estimate of drug-likeness (QED) is 0.368. The minimum atomic E-state index is -3.73. The zero-order valence-electron chi connectivity index (χ0n) is 15.8. The Morgan fingerprint density at radius 3 is 2.97 bits per heavy atom. The Hall–Kier alpha value is -0.700. The summed E-state index contributed by atoms with van der Waals surface area (Å²) in [6.07, 6.45) is 0.225. The summed E-state index contributed by atoms with van der Waals surface area (Å²) in [4.78, 5) is 11.4. The third-order valence-electron chi connectivity index (χ3n) is 5.13. The molecule has 30 heavy (non-hydrogen) atoms. The number of phosphoric ester groups is 1. The van der Waals surface area contributed by atoms with Gasteiger partial charge in [-0.3, -0.25) is 18.1 Å². The summed E-state index contributed by atoms with van der Waals surface area (Å²) < 4.78 is 43.9. The average Bonchev–Trinajstić information content (AvgIpc) is 3.31. The molecule has 3 saturated heterocycles. The molecule has 164 valence electrons. The predicted molar refractivity (Wildman–Crippen MR) is 115 cm³/mol. The standard InChI is InChI=1S/C15H20N5O6PS3/c1-22-9-4-29-30-5-10(9)26-27(21)23-3-8-7(25-27)2-11(24-8)20-6-17-12-13(20)18-15(16)19-14(12)28/h6-11H,2-5H2,1H3,(H3,16,18,19,28)/t7-,8+,9-,10-,11+,27+/m0/s1. The minimum absolute atomic E-state index is 0.104. The molecule has 0 aliphatic carbocycles. The summed E-state index contributed by atoms with van der Waals surface area (Å²) in [5, 5.41) is 0. The molecule has 3 aliphatic heterocycles. The molecule has 11 nitrogen and oxygen atoms in total. The van der Waals surface area contributed by atoms with Crippen molar-refractivity contribution >= 4 is 58.7 Å². The number of phosphoric acid groups is 1. The summed E-state index contributed by atoms with van der Waals surface area (Å²) in [5.41, 5.74) is 6.83. The summed E-state index contributed by atoms with van der Waals surface area (Å²) in [5.74, 6) is 1.58. The third-order valence-corrected chi connectivity index (χ3v) is 9.36. The molecule has 0 aromatic carbocycles. The Morgan fingerprint density at radius 1 is 1.37 bits per heavy atom. The van der Waals surface area contributed by atoms with E-state index in [9.17, 15) is 4.57 Å². The van der Waals surface area contributed by atoms with Crippen molar-refractivity contribution in [1.82, 2.24) is 19.5 Å². The summed E-state index contributed by atoms with van der Waals surface area (Å²) >= 11 is 5.25. The highest BCUT2D eigenvalue weighted by Gasteiger charge is 2.49. The van der Waals surface area contributed by atoms with E-state index in [1.807, 2.05) is 0 Å². The Bertz CT molecular complexity index is 1050. The van der Waals surface area contributed by atoms with Crippen LogP contribution in [-0.2, 0) is 27.6 Å². The molecule has 0 amide bonds. The average molecular weight is 494 g/mol. The highest BCUT2D eigenvalue weighted by atomic mass is 33.1. The number of aromatic nitrogens is 4.